The summed E-state index contributed by atoms with van der Waals surface area (Å²) in [5.74, 6) is 0.0714. The van der Waals surface area contributed by atoms with Crippen molar-refractivity contribution >= 4 is 40.2 Å². The molecule has 0 saturated carbocycles. The SMILES string of the molecule is COc1ccc2c(c1)CCCN2C(=O)COC(=O)c1cccc(I)c1. The van der Waals surface area contributed by atoms with E-state index in [2.05, 4.69) is 22.6 Å². The van der Waals surface area contributed by atoms with Gasteiger partial charge in [0.05, 0.1) is 12.7 Å². The fourth-order valence-electron chi connectivity index (χ4n) is 2.86. The minimum Gasteiger partial charge on any atom is -0.497 e. The van der Waals surface area contributed by atoms with Crippen LogP contribution >= 0.6 is 22.6 Å². The van der Waals surface area contributed by atoms with Crippen LogP contribution in [-0.4, -0.2) is 32.1 Å². The lowest BCUT2D eigenvalue weighted by molar-refractivity contribution is -0.121. The molecule has 0 spiro atoms. The van der Waals surface area contributed by atoms with Gasteiger partial charge in [0.15, 0.2) is 6.61 Å². The average molecular weight is 451 g/mol. The van der Waals surface area contributed by atoms with Gasteiger partial charge in [-0.05, 0) is 77.4 Å². The third-order valence-corrected chi connectivity index (χ3v) is 4.76. The molecule has 0 fully saturated rings. The van der Waals surface area contributed by atoms with Gasteiger partial charge in [-0.15, -0.1) is 0 Å². The number of amides is 1. The molecular formula is C19H18INO4. The van der Waals surface area contributed by atoms with Crippen LogP contribution in [0.3, 0.4) is 0 Å². The van der Waals surface area contributed by atoms with E-state index in [1.807, 2.05) is 24.3 Å². The molecule has 0 aliphatic carbocycles. The molecule has 2 aromatic rings. The predicted molar refractivity (Wildman–Crippen MR) is 103 cm³/mol. The van der Waals surface area contributed by atoms with Crippen LogP contribution in [0, 0.1) is 3.57 Å². The van der Waals surface area contributed by atoms with Crippen molar-refractivity contribution in [3.8, 4) is 5.75 Å². The van der Waals surface area contributed by atoms with Crippen molar-refractivity contribution in [2.45, 2.75) is 12.8 Å². The van der Waals surface area contributed by atoms with Crippen LogP contribution in [-0.2, 0) is 16.0 Å². The monoisotopic (exact) mass is 451 g/mol. The molecule has 0 aromatic heterocycles. The highest BCUT2D eigenvalue weighted by atomic mass is 127. The number of methoxy groups -OCH3 is 1. The van der Waals surface area contributed by atoms with E-state index in [0.717, 1.165) is 33.4 Å². The highest BCUT2D eigenvalue weighted by Crippen LogP contribution is 2.30. The van der Waals surface area contributed by atoms with Gasteiger partial charge in [0.2, 0.25) is 0 Å². The Morgan fingerprint density at radius 1 is 1.20 bits per heavy atom. The summed E-state index contributed by atoms with van der Waals surface area (Å²) in [7, 11) is 1.62. The van der Waals surface area contributed by atoms with E-state index in [0.29, 0.717) is 12.1 Å². The van der Waals surface area contributed by atoms with Crippen LogP contribution in [0.5, 0.6) is 5.75 Å². The Bertz CT molecular complexity index is 806. The molecule has 0 atom stereocenters. The van der Waals surface area contributed by atoms with Crippen molar-refractivity contribution in [3.63, 3.8) is 0 Å². The Hall–Kier alpha value is -2.09. The Morgan fingerprint density at radius 3 is 2.80 bits per heavy atom. The molecule has 1 heterocycles. The van der Waals surface area contributed by atoms with Crippen LogP contribution < -0.4 is 9.64 Å². The summed E-state index contributed by atoms with van der Waals surface area (Å²) in [4.78, 5) is 26.3. The van der Waals surface area contributed by atoms with Gasteiger partial charge in [-0.2, -0.15) is 0 Å². The summed E-state index contributed by atoms with van der Waals surface area (Å²) < 4.78 is 11.4. The summed E-state index contributed by atoms with van der Waals surface area (Å²) in [5.41, 5.74) is 2.38. The van der Waals surface area contributed by atoms with Crippen molar-refractivity contribution in [1.82, 2.24) is 0 Å². The van der Waals surface area contributed by atoms with Crippen LogP contribution in [0.15, 0.2) is 42.5 Å². The smallest absolute Gasteiger partial charge is 0.338 e. The molecule has 0 unspecified atom stereocenters. The zero-order valence-corrected chi connectivity index (χ0v) is 16.0. The number of anilines is 1. The van der Waals surface area contributed by atoms with Crippen molar-refractivity contribution in [2.75, 3.05) is 25.2 Å². The van der Waals surface area contributed by atoms with Crippen molar-refractivity contribution in [1.29, 1.82) is 0 Å². The number of hydrogen-bond acceptors (Lipinski definition) is 4. The molecule has 1 amide bonds. The first kappa shape index (κ1) is 17.7. The van der Waals surface area contributed by atoms with Gasteiger partial charge >= 0.3 is 5.97 Å². The van der Waals surface area contributed by atoms with Crippen LogP contribution in [0.1, 0.15) is 22.3 Å². The van der Waals surface area contributed by atoms with E-state index in [1.165, 1.54) is 0 Å². The molecule has 2 aromatic carbocycles. The van der Waals surface area contributed by atoms with Crippen molar-refractivity contribution in [3.05, 3.63) is 57.2 Å². The van der Waals surface area contributed by atoms with Gasteiger partial charge in [0.1, 0.15) is 5.75 Å². The number of carbonyl (C=O) groups is 2. The largest absolute Gasteiger partial charge is 0.497 e. The number of hydrogen-bond donors (Lipinski definition) is 0. The molecule has 6 heteroatoms. The number of halogens is 1. The summed E-state index contributed by atoms with van der Waals surface area (Å²) in [6, 6.07) is 12.8. The Morgan fingerprint density at radius 2 is 2.04 bits per heavy atom. The summed E-state index contributed by atoms with van der Waals surface area (Å²) in [5, 5.41) is 0. The standard InChI is InChI=1S/C19H18INO4/c1-24-16-7-8-17-13(11-16)5-3-9-21(17)18(22)12-25-19(23)14-4-2-6-15(20)10-14/h2,4,6-8,10-11H,3,5,9,12H2,1H3. The molecule has 5 nitrogen and oxygen atoms in total. The molecule has 1 aliphatic heterocycles. The number of aryl methyl sites for hydroxylation is 1. The molecular weight excluding hydrogens is 433 g/mol. The Balaban J connectivity index is 1.67. The Kier molecular flexibility index (Phi) is 5.57. The minimum atomic E-state index is -0.487. The van der Waals surface area contributed by atoms with Crippen molar-refractivity contribution < 1.29 is 19.1 Å². The number of esters is 1. The molecule has 0 N–H and O–H groups in total. The topological polar surface area (TPSA) is 55.8 Å². The van der Waals surface area contributed by atoms with E-state index >= 15 is 0 Å². The first-order valence-corrected chi connectivity index (χ1v) is 9.06. The summed E-state index contributed by atoms with van der Waals surface area (Å²) in [6.45, 7) is 0.356. The summed E-state index contributed by atoms with van der Waals surface area (Å²) in [6.07, 6.45) is 1.77. The summed E-state index contributed by atoms with van der Waals surface area (Å²) >= 11 is 2.13. The molecule has 0 radical (unpaired) electrons. The third kappa shape index (κ3) is 4.12. The normalized spacial score (nSPS) is 13.1. The van der Waals surface area contributed by atoms with Gasteiger partial charge in [0, 0.05) is 15.8 Å². The minimum absolute atomic E-state index is 0.218. The predicted octanol–water partition coefficient (Wildman–Crippen LogP) is 3.44. The highest BCUT2D eigenvalue weighted by Gasteiger charge is 2.24. The van der Waals surface area contributed by atoms with Gasteiger partial charge < -0.3 is 14.4 Å². The van der Waals surface area contributed by atoms with E-state index in [4.69, 9.17) is 9.47 Å². The second-order valence-electron chi connectivity index (χ2n) is 5.73. The number of nitrogens with zero attached hydrogens (tertiary/aromatic N) is 1. The van der Waals surface area contributed by atoms with Crippen LogP contribution in [0.25, 0.3) is 0 Å². The quantitative estimate of drug-likeness (QED) is 0.528. The molecule has 0 bridgehead atoms. The van der Waals surface area contributed by atoms with Crippen LogP contribution in [0.2, 0.25) is 0 Å². The van der Waals surface area contributed by atoms with Crippen LogP contribution in [0.4, 0.5) is 5.69 Å². The van der Waals surface area contributed by atoms with Gasteiger partial charge in [-0.1, -0.05) is 6.07 Å². The first-order valence-electron chi connectivity index (χ1n) is 7.98. The second kappa shape index (κ2) is 7.86. The number of benzene rings is 2. The zero-order valence-electron chi connectivity index (χ0n) is 13.8. The zero-order chi connectivity index (χ0) is 17.8. The van der Waals surface area contributed by atoms with E-state index in [9.17, 15) is 9.59 Å². The van der Waals surface area contributed by atoms with Gasteiger partial charge in [0.25, 0.3) is 5.91 Å². The van der Waals surface area contributed by atoms with Crippen molar-refractivity contribution in [2.24, 2.45) is 0 Å². The maximum absolute atomic E-state index is 12.5. The lowest BCUT2D eigenvalue weighted by Gasteiger charge is -2.29. The number of fused-ring (bicyclic) bond motifs is 1. The maximum atomic E-state index is 12.5. The lowest BCUT2D eigenvalue weighted by atomic mass is 10.0. The fourth-order valence-corrected chi connectivity index (χ4v) is 3.41. The molecule has 1 aliphatic rings. The second-order valence-corrected chi connectivity index (χ2v) is 6.98. The maximum Gasteiger partial charge on any atom is 0.338 e. The average Bonchev–Trinajstić information content (AvgIpc) is 2.64. The number of ether oxygens (including phenoxy) is 2. The lowest BCUT2D eigenvalue weighted by Crippen LogP contribution is -2.38. The van der Waals surface area contributed by atoms with E-state index < -0.39 is 5.97 Å². The van der Waals surface area contributed by atoms with E-state index in [1.54, 1.807) is 30.2 Å². The number of rotatable bonds is 4. The van der Waals surface area contributed by atoms with Gasteiger partial charge in [-0.25, -0.2) is 4.79 Å². The van der Waals surface area contributed by atoms with E-state index in [-0.39, 0.29) is 12.5 Å². The molecule has 130 valence electrons. The molecule has 25 heavy (non-hydrogen) atoms. The highest BCUT2D eigenvalue weighted by molar-refractivity contribution is 14.1. The molecule has 3 rings (SSSR count). The number of carbonyl (C=O) groups excluding carboxylic acids is 2. The Labute approximate surface area is 160 Å². The molecule has 0 saturated heterocycles. The third-order valence-electron chi connectivity index (χ3n) is 4.09. The fraction of sp³-hybridized carbons (Fsp3) is 0.263. The van der Waals surface area contributed by atoms with Gasteiger partial charge in [-0.3, -0.25) is 4.79 Å². The first-order chi connectivity index (χ1) is 12.1.